The molecule has 3 rings (SSSR count). The molecule has 0 amide bonds. The highest BCUT2D eigenvalue weighted by atomic mass is 16.5. The zero-order valence-electron chi connectivity index (χ0n) is 10.4. The standard InChI is InChI=1S/C15H18O3/c16-15(17-10-11-4-2-1-3-5-11)12-8-14(9-12)18-13-6-7-13/h1-5,12-14H,6-10H2. The Morgan fingerprint density at radius 3 is 2.50 bits per heavy atom. The predicted molar refractivity (Wildman–Crippen MR) is 66.9 cm³/mol. The number of hydrogen-bond acceptors (Lipinski definition) is 3. The molecule has 1 aromatic rings. The quantitative estimate of drug-likeness (QED) is 0.749. The van der Waals surface area contributed by atoms with Crippen LogP contribution in [-0.2, 0) is 20.9 Å². The van der Waals surface area contributed by atoms with Crippen molar-refractivity contribution in [3.05, 3.63) is 35.9 Å². The van der Waals surface area contributed by atoms with Crippen LogP contribution < -0.4 is 0 Å². The van der Waals surface area contributed by atoms with Crippen LogP contribution in [0.4, 0.5) is 0 Å². The van der Waals surface area contributed by atoms with Gasteiger partial charge in [0.25, 0.3) is 0 Å². The summed E-state index contributed by atoms with van der Waals surface area (Å²) in [5, 5.41) is 0. The molecule has 0 N–H and O–H groups in total. The number of rotatable bonds is 5. The SMILES string of the molecule is O=C(OCc1ccccc1)C1CC(OC2CC2)C1. The summed E-state index contributed by atoms with van der Waals surface area (Å²) in [5.41, 5.74) is 1.04. The molecule has 2 saturated carbocycles. The molecule has 2 aliphatic carbocycles. The molecule has 0 atom stereocenters. The normalized spacial score (nSPS) is 26.4. The van der Waals surface area contributed by atoms with Gasteiger partial charge in [-0.15, -0.1) is 0 Å². The fourth-order valence-corrected chi connectivity index (χ4v) is 2.19. The summed E-state index contributed by atoms with van der Waals surface area (Å²) in [6.45, 7) is 0.379. The van der Waals surface area contributed by atoms with Gasteiger partial charge in [-0.3, -0.25) is 4.79 Å². The maximum atomic E-state index is 11.8. The Labute approximate surface area is 107 Å². The Bertz CT molecular complexity index is 405. The monoisotopic (exact) mass is 246 g/mol. The van der Waals surface area contributed by atoms with E-state index < -0.39 is 0 Å². The van der Waals surface area contributed by atoms with Gasteiger partial charge in [0.1, 0.15) is 6.61 Å². The van der Waals surface area contributed by atoms with Crippen molar-refractivity contribution in [1.29, 1.82) is 0 Å². The molecule has 0 aromatic heterocycles. The smallest absolute Gasteiger partial charge is 0.309 e. The lowest BCUT2D eigenvalue weighted by atomic mass is 9.82. The molecule has 0 unspecified atom stereocenters. The first kappa shape index (κ1) is 11.7. The fraction of sp³-hybridized carbons (Fsp3) is 0.533. The molecule has 96 valence electrons. The summed E-state index contributed by atoms with van der Waals surface area (Å²) in [5.74, 6) is -0.0213. The number of benzene rings is 1. The molecule has 2 fully saturated rings. The van der Waals surface area contributed by atoms with E-state index in [4.69, 9.17) is 9.47 Å². The highest BCUT2D eigenvalue weighted by Gasteiger charge is 2.39. The highest BCUT2D eigenvalue weighted by molar-refractivity contribution is 5.73. The zero-order chi connectivity index (χ0) is 12.4. The second-order valence-corrected chi connectivity index (χ2v) is 5.22. The third-order valence-electron chi connectivity index (χ3n) is 3.56. The molecule has 0 radical (unpaired) electrons. The van der Waals surface area contributed by atoms with Crippen LogP contribution in [0.3, 0.4) is 0 Å². The molecule has 3 heteroatoms. The molecular formula is C15H18O3. The molecule has 2 aliphatic rings. The molecule has 0 aliphatic heterocycles. The number of esters is 1. The van der Waals surface area contributed by atoms with Crippen LogP contribution in [0.5, 0.6) is 0 Å². The Kier molecular flexibility index (Phi) is 3.33. The average Bonchev–Trinajstić information content (AvgIpc) is 3.15. The van der Waals surface area contributed by atoms with Crippen molar-refractivity contribution < 1.29 is 14.3 Å². The van der Waals surface area contributed by atoms with Gasteiger partial charge >= 0.3 is 5.97 Å². The highest BCUT2D eigenvalue weighted by Crippen LogP contribution is 2.36. The topological polar surface area (TPSA) is 35.5 Å². The lowest BCUT2D eigenvalue weighted by molar-refractivity contribution is -0.159. The largest absolute Gasteiger partial charge is 0.461 e. The van der Waals surface area contributed by atoms with Gasteiger partial charge < -0.3 is 9.47 Å². The minimum Gasteiger partial charge on any atom is -0.461 e. The van der Waals surface area contributed by atoms with Crippen LogP contribution in [0.2, 0.25) is 0 Å². The van der Waals surface area contributed by atoms with Crippen LogP contribution >= 0.6 is 0 Å². The Hall–Kier alpha value is -1.35. The van der Waals surface area contributed by atoms with Crippen molar-refractivity contribution in [1.82, 2.24) is 0 Å². The summed E-state index contributed by atoms with van der Waals surface area (Å²) in [7, 11) is 0. The second kappa shape index (κ2) is 5.11. The van der Waals surface area contributed by atoms with Crippen LogP contribution in [-0.4, -0.2) is 18.2 Å². The first-order valence-corrected chi connectivity index (χ1v) is 6.67. The summed E-state index contributed by atoms with van der Waals surface area (Å²) in [6, 6.07) is 9.79. The van der Waals surface area contributed by atoms with E-state index in [1.807, 2.05) is 30.3 Å². The summed E-state index contributed by atoms with van der Waals surface area (Å²) < 4.78 is 11.0. The average molecular weight is 246 g/mol. The maximum absolute atomic E-state index is 11.8. The van der Waals surface area contributed by atoms with Crippen LogP contribution in [0.25, 0.3) is 0 Å². The summed E-state index contributed by atoms with van der Waals surface area (Å²) >= 11 is 0. The van der Waals surface area contributed by atoms with Crippen LogP contribution in [0.15, 0.2) is 30.3 Å². The zero-order valence-corrected chi connectivity index (χ0v) is 10.4. The van der Waals surface area contributed by atoms with Crippen molar-refractivity contribution in [2.24, 2.45) is 5.92 Å². The van der Waals surface area contributed by atoms with Gasteiger partial charge in [-0.25, -0.2) is 0 Å². The van der Waals surface area contributed by atoms with Crippen molar-refractivity contribution >= 4 is 5.97 Å². The summed E-state index contributed by atoms with van der Waals surface area (Å²) in [6.07, 6.45) is 4.84. The molecule has 18 heavy (non-hydrogen) atoms. The Morgan fingerprint density at radius 2 is 1.83 bits per heavy atom. The van der Waals surface area contributed by atoms with Crippen LogP contribution in [0, 0.1) is 5.92 Å². The number of ether oxygens (including phenoxy) is 2. The Balaban J connectivity index is 1.37. The van der Waals surface area contributed by atoms with E-state index in [9.17, 15) is 4.79 Å². The van der Waals surface area contributed by atoms with E-state index in [1.165, 1.54) is 12.8 Å². The first-order chi connectivity index (χ1) is 8.81. The number of carbonyl (C=O) groups is 1. The minimum atomic E-state index is -0.0745. The molecular weight excluding hydrogens is 228 g/mol. The fourth-order valence-electron chi connectivity index (χ4n) is 2.19. The lowest BCUT2D eigenvalue weighted by Gasteiger charge is -2.33. The van der Waals surface area contributed by atoms with E-state index in [0.29, 0.717) is 18.8 Å². The first-order valence-electron chi connectivity index (χ1n) is 6.67. The number of carbonyl (C=O) groups excluding carboxylic acids is 1. The Morgan fingerprint density at radius 1 is 1.11 bits per heavy atom. The number of hydrogen-bond donors (Lipinski definition) is 0. The van der Waals surface area contributed by atoms with Gasteiger partial charge in [-0.2, -0.15) is 0 Å². The van der Waals surface area contributed by atoms with Crippen molar-refractivity contribution in [3.63, 3.8) is 0 Å². The molecule has 0 saturated heterocycles. The molecule has 0 heterocycles. The third kappa shape index (κ3) is 2.91. The van der Waals surface area contributed by atoms with Crippen molar-refractivity contribution in [2.75, 3.05) is 0 Å². The van der Waals surface area contributed by atoms with E-state index in [0.717, 1.165) is 18.4 Å². The maximum Gasteiger partial charge on any atom is 0.309 e. The van der Waals surface area contributed by atoms with Crippen molar-refractivity contribution in [2.45, 2.75) is 44.5 Å². The van der Waals surface area contributed by atoms with E-state index in [-0.39, 0.29) is 11.9 Å². The van der Waals surface area contributed by atoms with Gasteiger partial charge in [0.05, 0.1) is 18.1 Å². The van der Waals surface area contributed by atoms with Gasteiger partial charge in [-0.1, -0.05) is 30.3 Å². The second-order valence-electron chi connectivity index (χ2n) is 5.22. The minimum absolute atomic E-state index is 0.0532. The molecule has 0 bridgehead atoms. The lowest BCUT2D eigenvalue weighted by Crippen LogP contribution is -2.37. The van der Waals surface area contributed by atoms with E-state index in [2.05, 4.69) is 0 Å². The molecule has 1 aromatic carbocycles. The predicted octanol–water partition coefficient (Wildman–Crippen LogP) is 2.69. The molecule has 0 spiro atoms. The van der Waals surface area contributed by atoms with Crippen LogP contribution in [0.1, 0.15) is 31.2 Å². The van der Waals surface area contributed by atoms with Crippen molar-refractivity contribution in [3.8, 4) is 0 Å². The van der Waals surface area contributed by atoms with Gasteiger partial charge in [0, 0.05) is 0 Å². The molecule has 3 nitrogen and oxygen atoms in total. The van der Waals surface area contributed by atoms with Gasteiger partial charge in [0.2, 0.25) is 0 Å². The summed E-state index contributed by atoms with van der Waals surface area (Å²) in [4.78, 5) is 11.8. The van der Waals surface area contributed by atoms with Gasteiger partial charge in [-0.05, 0) is 31.2 Å². The van der Waals surface area contributed by atoms with E-state index in [1.54, 1.807) is 0 Å². The van der Waals surface area contributed by atoms with E-state index >= 15 is 0 Å². The van der Waals surface area contributed by atoms with Gasteiger partial charge in [0.15, 0.2) is 0 Å². The third-order valence-corrected chi connectivity index (χ3v) is 3.56.